The van der Waals surface area contributed by atoms with E-state index in [9.17, 15) is 5.11 Å². The number of aliphatic hydroxyl groups excluding tert-OH is 1. The molecule has 1 nitrogen and oxygen atoms in total. The van der Waals surface area contributed by atoms with E-state index in [0.29, 0.717) is 0 Å². The maximum atomic E-state index is 10.1. The van der Waals surface area contributed by atoms with E-state index in [2.05, 4.69) is 15.9 Å². The zero-order valence-electron chi connectivity index (χ0n) is 8.27. The molecule has 1 N–H and O–H groups in total. The molecule has 0 bridgehead atoms. The van der Waals surface area contributed by atoms with Crippen LogP contribution in [0.15, 0.2) is 39.5 Å². The second-order valence-electron chi connectivity index (χ2n) is 3.50. The largest absolute Gasteiger partial charge is 0.384 e. The van der Waals surface area contributed by atoms with Crippen molar-refractivity contribution in [3.8, 4) is 0 Å². The lowest BCUT2D eigenvalue weighted by Gasteiger charge is -2.09. The Morgan fingerprint density at radius 3 is 2.67 bits per heavy atom. The summed E-state index contributed by atoms with van der Waals surface area (Å²) in [6, 6.07) is 9.91. The molecule has 3 heteroatoms. The molecule has 0 radical (unpaired) electrons. The second-order valence-corrected chi connectivity index (χ2v) is 5.79. The lowest BCUT2D eigenvalue weighted by atomic mass is 10.0. The average Bonchev–Trinajstić information content (AvgIpc) is 2.64. The topological polar surface area (TPSA) is 20.2 Å². The standard InChI is InChI=1S/C12H11BrOS/c1-8-3-2-4-9(5-8)12(14)10-6-11(13)15-7-10/h2-7,12,14H,1H3. The van der Waals surface area contributed by atoms with Crippen molar-refractivity contribution in [2.75, 3.05) is 0 Å². The second kappa shape index (κ2) is 4.47. The van der Waals surface area contributed by atoms with Crippen molar-refractivity contribution in [3.63, 3.8) is 0 Å². The van der Waals surface area contributed by atoms with Crippen LogP contribution in [0.25, 0.3) is 0 Å². The molecule has 1 aromatic carbocycles. The van der Waals surface area contributed by atoms with Crippen molar-refractivity contribution in [1.29, 1.82) is 0 Å². The van der Waals surface area contributed by atoms with Crippen LogP contribution in [0, 0.1) is 6.92 Å². The van der Waals surface area contributed by atoms with Crippen molar-refractivity contribution < 1.29 is 5.11 Å². The van der Waals surface area contributed by atoms with Gasteiger partial charge in [-0.15, -0.1) is 11.3 Å². The van der Waals surface area contributed by atoms with Gasteiger partial charge in [-0.3, -0.25) is 0 Å². The Hall–Kier alpha value is -0.640. The molecule has 15 heavy (non-hydrogen) atoms. The number of aliphatic hydroxyl groups is 1. The molecule has 0 amide bonds. The van der Waals surface area contributed by atoms with Gasteiger partial charge in [0.05, 0.1) is 3.79 Å². The molecule has 1 unspecified atom stereocenters. The molecule has 0 aliphatic rings. The van der Waals surface area contributed by atoms with E-state index in [4.69, 9.17) is 0 Å². The first-order valence-electron chi connectivity index (χ1n) is 4.65. The molecule has 0 aliphatic heterocycles. The van der Waals surface area contributed by atoms with E-state index in [1.54, 1.807) is 11.3 Å². The summed E-state index contributed by atoms with van der Waals surface area (Å²) in [5.74, 6) is 0. The van der Waals surface area contributed by atoms with Gasteiger partial charge in [0, 0.05) is 0 Å². The molecule has 2 rings (SSSR count). The summed E-state index contributed by atoms with van der Waals surface area (Å²) in [4.78, 5) is 0. The first kappa shape index (κ1) is 10.9. The van der Waals surface area contributed by atoms with E-state index in [0.717, 1.165) is 14.9 Å². The van der Waals surface area contributed by atoms with Gasteiger partial charge in [-0.25, -0.2) is 0 Å². The molecule has 0 fully saturated rings. The fraction of sp³-hybridized carbons (Fsp3) is 0.167. The van der Waals surface area contributed by atoms with E-state index in [1.165, 1.54) is 5.56 Å². The van der Waals surface area contributed by atoms with Crippen molar-refractivity contribution in [2.45, 2.75) is 13.0 Å². The quantitative estimate of drug-likeness (QED) is 0.886. The maximum absolute atomic E-state index is 10.1. The normalized spacial score (nSPS) is 12.7. The minimum Gasteiger partial charge on any atom is -0.384 e. The fourth-order valence-corrected chi connectivity index (χ4v) is 2.69. The van der Waals surface area contributed by atoms with Gasteiger partial charge in [-0.2, -0.15) is 0 Å². The Labute approximate surface area is 102 Å². The lowest BCUT2D eigenvalue weighted by molar-refractivity contribution is 0.220. The predicted molar refractivity (Wildman–Crippen MR) is 67.3 cm³/mol. The number of hydrogen-bond acceptors (Lipinski definition) is 2. The van der Waals surface area contributed by atoms with Crippen molar-refractivity contribution in [3.05, 3.63) is 56.2 Å². The molecule has 78 valence electrons. The van der Waals surface area contributed by atoms with Crippen LogP contribution in [-0.4, -0.2) is 5.11 Å². The van der Waals surface area contributed by atoms with Gasteiger partial charge in [0.2, 0.25) is 0 Å². The number of hydrogen-bond donors (Lipinski definition) is 1. The van der Waals surface area contributed by atoms with E-state index in [-0.39, 0.29) is 0 Å². The van der Waals surface area contributed by atoms with Gasteiger partial charge in [0.1, 0.15) is 6.10 Å². The summed E-state index contributed by atoms with van der Waals surface area (Å²) in [7, 11) is 0. The summed E-state index contributed by atoms with van der Waals surface area (Å²) in [5.41, 5.74) is 3.05. The minimum atomic E-state index is -0.521. The average molecular weight is 283 g/mol. The third-order valence-corrected chi connectivity index (χ3v) is 3.78. The molecule has 1 atom stereocenters. The number of rotatable bonds is 2. The highest BCUT2D eigenvalue weighted by Gasteiger charge is 2.11. The predicted octanol–water partition coefficient (Wildman–Crippen LogP) is 3.90. The smallest absolute Gasteiger partial charge is 0.105 e. The van der Waals surface area contributed by atoms with Gasteiger partial charge in [-0.05, 0) is 45.4 Å². The highest BCUT2D eigenvalue weighted by molar-refractivity contribution is 9.11. The maximum Gasteiger partial charge on any atom is 0.105 e. The van der Waals surface area contributed by atoms with Gasteiger partial charge in [-0.1, -0.05) is 29.8 Å². The van der Waals surface area contributed by atoms with E-state index in [1.807, 2.05) is 42.6 Å². The van der Waals surface area contributed by atoms with Crippen LogP contribution in [0.4, 0.5) is 0 Å². The lowest BCUT2D eigenvalue weighted by Crippen LogP contribution is -1.97. The summed E-state index contributed by atoms with van der Waals surface area (Å²) in [6.07, 6.45) is -0.521. The summed E-state index contributed by atoms with van der Waals surface area (Å²) in [6.45, 7) is 2.03. The number of thiophene rings is 1. The zero-order valence-corrected chi connectivity index (χ0v) is 10.7. The molecule has 2 aromatic rings. The van der Waals surface area contributed by atoms with Gasteiger partial charge in [0.15, 0.2) is 0 Å². The van der Waals surface area contributed by atoms with Crippen LogP contribution < -0.4 is 0 Å². The third-order valence-electron chi connectivity index (χ3n) is 2.26. The Bertz CT molecular complexity index is 464. The molecule has 0 saturated carbocycles. The summed E-state index contributed by atoms with van der Waals surface area (Å²) < 4.78 is 1.05. The van der Waals surface area contributed by atoms with Gasteiger partial charge in [0.25, 0.3) is 0 Å². The first-order valence-corrected chi connectivity index (χ1v) is 6.32. The van der Waals surface area contributed by atoms with Gasteiger partial charge >= 0.3 is 0 Å². The van der Waals surface area contributed by atoms with Crippen LogP contribution in [-0.2, 0) is 0 Å². The zero-order chi connectivity index (χ0) is 10.8. The van der Waals surface area contributed by atoms with Crippen LogP contribution in [0.1, 0.15) is 22.8 Å². The summed E-state index contributed by atoms with van der Waals surface area (Å²) >= 11 is 4.98. The monoisotopic (exact) mass is 282 g/mol. The molecule has 0 aliphatic carbocycles. The van der Waals surface area contributed by atoms with Crippen molar-refractivity contribution in [1.82, 2.24) is 0 Å². The Morgan fingerprint density at radius 1 is 1.27 bits per heavy atom. The third kappa shape index (κ3) is 2.48. The van der Waals surface area contributed by atoms with Crippen LogP contribution in [0.3, 0.4) is 0 Å². The number of benzene rings is 1. The highest BCUT2D eigenvalue weighted by atomic mass is 79.9. The number of aryl methyl sites for hydroxylation is 1. The van der Waals surface area contributed by atoms with Gasteiger partial charge < -0.3 is 5.11 Å². The number of halogens is 1. The molecule has 0 spiro atoms. The summed E-state index contributed by atoms with van der Waals surface area (Å²) in [5, 5.41) is 12.1. The van der Waals surface area contributed by atoms with E-state index < -0.39 is 6.10 Å². The molecule has 1 aromatic heterocycles. The Kier molecular flexibility index (Phi) is 3.24. The molecular formula is C12H11BrOS. The fourth-order valence-electron chi connectivity index (χ4n) is 1.50. The molecular weight excluding hydrogens is 272 g/mol. The van der Waals surface area contributed by atoms with E-state index >= 15 is 0 Å². The van der Waals surface area contributed by atoms with Crippen LogP contribution >= 0.6 is 27.3 Å². The minimum absolute atomic E-state index is 0.521. The first-order chi connectivity index (χ1) is 7.16. The van der Waals surface area contributed by atoms with Crippen LogP contribution in [0.5, 0.6) is 0 Å². The Morgan fingerprint density at radius 2 is 2.07 bits per heavy atom. The molecule has 0 saturated heterocycles. The molecule has 1 heterocycles. The highest BCUT2D eigenvalue weighted by Crippen LogP contribution is 2.29. The van der Waals surface area contributed by atoms with Crippen LogP contribution in [0.2, 0.25) is 0 Å². The van der Waals surface area contributed by atoms with Crippen molar-refractivity contribution in [2.24, 2.45) is 0 Å². The van der Waals surface area contributed by atoms with Crippen molar-refractivity contribution >= 4 is 27.3 Å². The SMILES string of the molecule is Cc1cccc(C(O)c2csc(Br)c2)c1. The Balaban J connectivity index is 2.32.